The van der Waals surface area contributed by atoms with Crippen LogP contribution in [0.2, 0.25) is 0 Å². The van der Waals surface area contributed by atoms with E-state index in [4.69, 9.17) is 0 Å². The lowest BCUT2D eigenvalue weighted by Crippen LogP contribution is -2.47. The van der Waals surface area contributed by atoms with Gasteiger partial charge in [0, 0.05) is 13.6 Å². The summed E-state index contributed by atoms with van der Waals surface area (Å²) < 4.78 is 3.53. The first-order valence-electron chi connectivity index (χ1n) is 9.07. The molecule has 4 rings (SSSR count). The lowest BCUT2D eigenvalue weighted by atomic mass is 10.2. The Bertz CT molecular complexity index is 1010. The lowest BCUT2D eigenvalue weighted by molar-refractivity contribution is -0.120. The van der Waals surface area contributed by atoms with Crippen molar-refractivity contribution in [2.45, 2.75) is 32.5 Å². The van der Waals surface area contributed by atoms with Crippen LogP contribution in [0.3, 0.4) is 0 Å². The zero-order valence-electron chi connectivity index (χ0n) is 15.7. The Kier molecular flexibility index (Phi) is 4.64. The Balaban J connectivity index is 1.45. The van der Waals surface area contributed by atoms with E-state index in [1.54, 1.807) is 29.2 Å². The summed E-state index contributed by atoms with van der Waals surface area (Å²) in [7, 11) is 1.70. The number of nitrogens with zero attached hydrogens (tertiary/aromatic N) is 6. The highest BCUT2D eigenvalue weighted by molar-refractivity contribution is 6.01. The van der Waals surface area contributed by atoms with Gasteiger partial charge in [-0.3, -0.25) is 14.5 Å². The minimum atomic E-state index is -0.629. The summed E-state index contributed by atoms with van der Waals surface area (Å²) in [5.74, 6) is 0.176. The van der Waals surface area contributed by atoms with E-state index in [0.717, 1.165) is 17.1 Å². The second-order valence-corrected chi connectivity index (χ2v) is 6.85. The number of carbonyl (C=O) groups is 2. The third kappa shape index (κ3) is 3.38. The second-order valence-electron chi connectivity index (χ2n) is 6.85. The van der Waals surface area contributed by atoms with Crippen molar-refractivity contribution < 1.29 is 9.59 Å². The number of benzene rings is 1. The number of amides is 2. The fourth-order valence-corrected chi connectivity index (χ4v) is 3.42. The lowest BCUT2D eigenvalue weighted by Gasteiger charge is -2.20. The van der Waals surface area contributed by atoms with Gasteiger partial charge in [0.1, 0.15) is 11.9 Å². The van der Waals surface area contributed by atoms with Gasteiger partial charge in [-0.15, -0.1) is 5.10 Å². The van der Waals surface area contributed by atoms with Gasteiger partial charge in [-0.25, -0.2) is 9.67 Å². The van der Waals surface area contributed by atoms with Crippen molar-refractivity contribution >= 4 is 17.6 Å². The van der Waals surface area contributed by atoms with E-state index < -0.39 is 11.9 Å². The van der Waals surface area contributed by atoms with Crippen molar-refractivity contribution in [2.24, 2.45) is 0 Å². The molecule has 0 radical (unpaired) electrons. The zero-order valence-corrected chi connectivity index (χ0v) is 15.7. The van der Waals surface area contributed by atoms with Gasteiger partial charge in [0.15, 0.2) is 5.69 Å². The Labute approximate surface area is 162 Å². The third-order valence-corrected chi connectivity index (χ3v) is 4.86. The van der Waals surface area contributed by atoms with Crippen LogP contribution in [-0.2, 0) is 17.9 Å². The van der Waals surface area contributed by atoms with Crippen molar-refractivity contribution in [2.75, 3.05) is 11.9 Å². The molecule has 0 fully saturated rings. The first-order chi connectivity index (χ1) is 13.5. The average Bonchev–Trinajstić information content (AvgIpc) is 3.28. The van der Waals surface area contributed by atoms with E-state index in [1.807, 2.05) is 41.8 Å². The topological polar surface area (TPSA) is 97.9 Å². The van der Waals surface area contributed by atoms with Crippen molar-refractivity contribution in [3.05, 3.63) is 59.8 Å². The maximum absolute atomic E-state index is 12.8. The first-order valence-corrected chi connectivity index (χ1v) is 9.07. The van der Waals surface area contributed by atoms with Crippen molar-refractivity contribution in [3.63, 3.8) is 0 Å². The highest BCUT2D eigenvalue weighted by atomic mass is 16.2. The number of imidazole rings is 1. The summed E-state index contributed by atoms with van der Waals surface area (Å²) in [6.07, 6.45) is 3.79. The molecular formula is C19H21N7O2. The van der Waals surface area contributed by atoms with E-state index in [1.165, 1.54) is 0 Å². The molecule has 1 atom stereocenters. The smallest absolute Gasteiger partial charge is 0.274 e. The molecule has 3 aromatic rings. The van der Waals surface area contributed by atoms with Gasteiger partial charge < -0.3 is 9.88 Å². The van der Waals surface area contributed by atoms with Crippen LogP contribution in [0.25, 0.3) is 0 Å². The van der Waals surface area contributed by atoms with Crippen molar-refractivity contribution in [1.82, 2.24) is 29.9 Å². The summed E-state index contributed by atoms with van der Waals surface area (Å²) >= 11 is 0. The molecule has 1 unspecified atom stereocenters. The number of hydrogen-bond donors (Lipinski definition) is 1. The van der Waals surface area contributed by atoms with Gasteiger partial charge in [0.2, 0.25) is 0 Å². The molecule has 0 bridgehead atoms. The second kappa shape index (κ2) is 7.26. The quantitative estimate of drug-likeness (QED) is 0.729. The summed E-state index contributed by atoms with van der Waals surface area (Å²) in [6.45, 7) is 2.98. The van der Waals surface area contributed by atoms with E-state index in [2.05, 4.69) is 20.6 Å². The molecule has 0 aliphatic carbocycles. The van der Waals surface area contributed by atoms with Crippen LogP contribution in [-0.4, -0.2) is 49.4 Å². The van der Waals surface area contributed by atoms with Crippen LogP contribution in [0.1, 0.15) is 28.2 Å². The van der Waals surface area contributed by atoms with Crippen LogP contribution in [0.5, 0.6) is 0 Å². The van der Waals surface area contributed by atoms with Gasteiger partial charge in [-0.2, -0.15) is 0 Å². The van der Waals surface area contributed by atoms with Gasteiger partial charge in [-0.1, -0.05) is 35.5 Å². The Morgan fingerprint density at radius 2 is 2.07 bits per heavy atom. The summed E-state index contributed by atoms with van der Waals surface area (Å²) in [6, 6.07) is 9.17. The number of fused-ring (bicyclic) bond motifs is 1. The number of anilines is 1. The molecule has 1 N–H and O–H groups in total. The van der Waals surface area contributed by atoms with Gasteiger partial charge in [-0.05, 0) is 18.9 Å². The molecule has 9 nitrogen and oxygen atoms in total. The third-order valence-electron chi connectivity index (χ3n) is 4.86. The summed E-state index contributed by atoms with van der Waals surface area (Å²) in [4.78, 5) is 31.2. The monoisotopic (exact) mass is 379 g/mol. The molecule has 1 aliphatic heterocycles. The minimum Gasteiger partial charge on any atom is -0.339 e. The highest BCUT2D eigenvalue weighted by Crippen LogP contribution is 2.23. The molecule has 28 heavy (non-hydrogen) atoms. The molecule has 1 aromatic carbocycles. The molecule has 0 saturated heterocycles. The predicted octanol–water partition coefficient (Wildman–Crippen LogP) is 0.996. The molecule has 144 valence electrons. The van der Waals surface area contributed by atoms with Gasteiger partial charge in [0.25, 0.3) is 11.8 Å². The molecular weight excluding hydrogens is 358 g/mol. The molecule has 0 saturated carbocycles. The maximum Gasteiger partial charge on any atom is 0.274 e. The van der Waals surface area contributed by atoms with Crippen molar-refractivity contribution in [3.8, 4) is 0 Å². The predicted molar refractivity (Wildman–Crippen MR) is 102 cm³/mol. The Morgan fingerprint density at radius 3 is 2.86 bits per heavy atom. The van der Waals surface area contributed by atoms with Crippen LogP contribution in [0, 0.1) is 6.92 Å². The van der Waals surface area contributed by atoms with E-state index in [-0.39, 0.29) is 11.6 Å². The molecule has 0 spiro atoms. The van der Waals surface area contributed by atoms with E-state index >= 15 is 0 Å². The fourth-order valence-electron chi connectivity index (χ4n) is 3.42. The summed E-state index contributed by atoms with van der Waals surface area (Å²) in [5, 5.41) is 10.8. The maximum atomic E-state index is 12.8. The number of likely N-dealkylation sites (N-methyl/N-ethyl adjacent to an activating group) is 1. The average molecular weight is 379 g/mol. The van der Waals surface area contributed by atoms with Gasteiger partial charge in [0.05, 0.1) is 24.8 Å². The molecule has 2 amide bonds. The molecule has 3 heterocycles. The van der Waals surface area contributed by atoms with E-state index in [9.17, 15) is 9.59 Å². The zero-order chi connectivity index (χ0) is 19.7. The molecule has 9 heteroatoms. The number of carbonyl (C=O) groups excluding carboxylic acids is 2. The molecule has 1 aliphatic rings. The Hall–Kier alpha value is -3.49. The van der Waals surface area contributed by atoms with Crippen LogP contribution < -0.4 is 10.2 Å². The number of rotatable bonds is 4. The molecule has 2 aromatic heterocycles. The number of aryl methyl sites for hydroxylation is 2. The van der Waals surface area contributed by atoms with Crippen LogP contribution in [0.15, 0.2) is 42.9 Å². The number of hydrogen-bond acceptors (Lipinski definition) is 5. The fraction of sp³-hybridized carbons (Fsp3) is 0.316. The standard InChI is InChI=1S/C19H21N7O2/c1-13-18-24(2)19(28)15(8-9-25(18)12-20-13)21-17(27)16-11-26(23-22-16)10-14-6-4-3-5-7-14/h3-7,11-12,15H,8-10H2,1-2H3,(H,21,27). The first kappa shape index (κ1) is 17.9. The Morgan fingerprint density at radius 1 is 1.29 bits per heavy atom. The highest BCUT2D eigenvalue weighted by Gasteiger charge is 2.31. The van der Waals surface area contributed by atoms with Crippen LogP contribution in [0.4, 0.5) is 5.82 Å². The van der Waals surface area contributed by atoms with Crippen molar-refractivity contribution in [1.29, 1.82) is 0 Å². The largest absolute Gasteiger partial charge is 0.339 e. The SMILES string of the molecule is Cc1ncn2c1N(C)C(=O)C(NC(=O)c1cn(Cc3ccccc3)nn1)CC2. The van der Waals surface area contributed by atoms with Gasteiger partial charge >= 0.3 is 0 Å². The van der Waals surface area contributed by atoms with E-state index in [0.29, 0.717) is 19.5 Å². The normalized spacial score (nSPS) is 16.6. The summed E-state index contributed by atoms with van der Waals surface area (Å²) in [5.41, 5.74) is 2.03. The number of aromatic nitrogens is 5. The number of nitrogens with one attached hydrogen (secondary N) is 1. The minimum absolute atomic E-state index is 0.174. The van der Waals surface area contributed by atoms with Crippen LogP contribution >= 0.6 is 0 Å².